The SMILES string of the molecule is C1=CC2Oc3c(C4C=CC(N(C5=CC=C(C6=CCCC7C6OC6C=CC=CC67)CC5)c5cccc(-c6ccccc6)c5)=CC4)cccc3C2C=C1. The molecule has 2 aliphatic heterocycles. The molecule has 0 saturated carbocycles. The molecular weight excluding hydrogens is 623 g/mol. The molecule has 3 nitrogen and oxygen atoms in total. The normalized spacial score (nSPS) is 29.5. The summed E-state index contributed by atoms with van der Waals surface area (Å²) in [6.45, 7) is 0. The number of rotatable bonds is 6. The van der Waals surface area contributed by atoms with Crippen molar-refractivity contribution < 1.29 is 9.47 Å². The van der Waals surface area contributed by atoms with Crippen LogP contribution in [0.4, 0.5) is 5.69 Å². The zero-order valence-electron chi connectivity index (χ0n) is 28.9. The Labute approximate surface area is 301 Å². The van der Waals surface area contributed by atoms with Crippen molar-refractivity contribution >= 4 is 5.69 Å². The van der Waals surface area contributed by atoms with Gasteiger partial charge in [-0.05, 0) is 90.7 Å². The molecule has 5 aliphatic carbocycles. The van der Waals surface area contributed by atoms with Gasteiger partial charge in [0.1, 0.15) is 11.9 Å². The van der Waals surface area contributed by atoms with Crippen LogP contribution in [0, 0.1) is 11.8 Å². The van der Waals surface area contributed by atoms with Gasteiger partial charge in [0.2, 0.25) is 0 Å². The molecule has 1 fully saturated rings. The number of fused-ring (bicyclic) bond motifs is 6. The van der Waals surface area contributed by atoms with E-state index in [1.165, 1.54) is 56.9 Å². The van der Waals surface area contributed by atoms with Gasteiger partial charge in [0, 0.05) is 46.0 Å². The molecule has 252 valence electrons. The number of ether oxygens (including phenoxy) is 2. The van der Waals surface area contributed by atoms with E-state index in [0.29, 0.717) is 17.8 Å². The van der Waals surface area contributed by atoms with Crippen molar-refractivity contribution in [2.45, 2.75) is 62.3 Å². The minimum atomic E-state index is 0.0988. The van der Waals surface area contributed by atoms with E-state index in [1.54, 1.807) is 0 Å². The Morgan fingerprint density at radius 1 is 0.686 bits per heavy atom. The number of hydrogen-bond donors (Lipinski definition) is 0. The largest absolute Gasteiger partial charge is 0.485 e. The first-order valence-corrected chi connectivity index (χ1v) is 18.9. The highest BCUT2D eigenvalue weighted by Crippen LogP contribution is 2.49. The quantitative estimate of drug-likeness (QED) is 0.262. The second-order valence-electron chi connectivity index (χ2n) is 14.8. The molecule has 0 spiro atoms. The molecule has 7 atom stereocenters. The van der Waals surface area contributed by atoms with Gasteiger partial charge in [-0.1, -0.05) is 127 Å². The predicted octanol–water partition coefficient (Wildman–Crippen LogP) is 11.2. The van der Waals surface area contributed by atoms with Crippen LogP contribution in [0.1, 0.15) is 55.1 Å². The third kappa shape index (κ3) is 5.47. The van der Waals surface area contributed by atoms with Crippen molar-refractivity contribution in [3.8, 4) is 16.9 Å². The lowest BCUT2D eigenvalue weighted by molar-refractivity contribution is 0.0757. The van der Waals surface area contributed by atoms with Gasteiger partial charge in [-0.2, -0.15) is 0 Å². The van der Waals surface area contributed by atoms with Gasteiger partial charge in [-0.15, -0.1) is 0 Å². The summed E-state index contributed by atoms with van der Waals surface area (Å²) in [5, 5.41) is 0. The smallest absolute Gasteiger partial charge is 0.128 e. The van der Waals surface area contributed by atoms with Gasteiger partial charge in [-0.3, -0.25) is 0 Å². The Kier molecular flexibility index (Phi) is 7.75. The van der Waals surface area contributed by atoms with Crippen molar-refractivity contribution in [3.05, 3.63) is 192 Å². The first-order chi connectivity index (χ1) is 25.3. The maximum Gasteiger partial charge on any atom is 0.128 e. The molecule has 10 rings (SSSR count). The summed E-state index contributed by atoms with van der Waals surface area (Å²) in [7, 11) is 0. The number of nitrogens with zero attached hydrogens (tertiary/aromatic N) is 1. The predicted molar refractivity (Wildman–Crippen MR) is 207 cm³/mol. The van der Waals surface area contributed by atoms with Crippen LogP contribution in [-0.4, -0.2) is 18.3 Å². The molecule has 0 N–H and O–H groups in total. The standard InChI is InChI=1S/C48H43NO2/c1-2-11-32(12-3-1)35-13-8-14-38(31-35)49(36-27-23-33(24-28-36)39-17-9-19-43-41-15-4-6-21-45(41)50-47(39)43)37-29-25-34(26-30-37)40-18-10-20-44-42-16-5-7-22-46(42)51-48(40)44/h1-9,11-19,21-23,25,27-29,31,33,41-42,44-46,48H,10,20,24,26,30H2. The third-order valence-electron chi connectivity index (χ3n) is 12.0. The number of para-hydroxylation sites is 1. The van der Waals surface area contributed by atoms with Crippen LogP contribution in [-0.2, 0) is 4.74 Å². The van der Waals surface area contributed by atoms with Crippen molar-refractivity contribution in [1.29, 1.82) is 0 Å². The minimum Gasteiger partial charge on any atom is -0.485 e. The molecule has 3 heteroatoms. The molecule has 3 aromatic rings. The van der Waals surface area contributed by atoms with Crippen LogP contribution in [0.3, 0.4) is 0 Å². The van der Waals surface area contributed by atoms with E-state index in [0.717, 1.165) is 31.4 Å². The number of allylic oxidation sites excluding steroid dienone is 11. The summed E-state index contributed by atoms with van der Waals surface area (Å²) in [6.07, 6.45) is 37.9. The van der Waals surface area contributed by atoms with Crippen LogP contribution < -0.4 is 9.64 Å². The third-order valence-corrected chi connectivity index (χ3v) is 12.0. The number of anilines is 1. The van der Waals surface area contributed by atoms with Crippen LogP contribution in [0.2, 0.25) is 0 Å². The fraction of sp³-hybridized carbons (Fsp3) is 0.250. The summed E-state index contributed by atoms with van der Waals surface area (Å²) in [4.78, 5) is 2.50. The van der Waals surface area contributed by atoms with E-state index >= 15 is 0 Å². The van der Waals surface area contributed by atoms with E-state index in [1.807, 2.05) is 0 Å². The lowest BCUT2D eigenvalue weighted by atomic mass is 9.74. The molecule has 0 amide bonds. The van der Waals surface area contributed by atoms with Gasteiger partial charge in [-0.25, -0.2) is 0 Å². The lowest BCUT2D eigenvalue weighted by Gasteiger charge is -2.34. The van der Waals surface area contributed by atoms with E-state index in [2.05, 4.69) is 163 Å². The van der Waals surface area contributed by atoms with Crippen LogP contribution in [0.25, 0.3) is 11.1 Å². The van der Waals surface area contributed by atoms with Crippen molar-refractivity contribution in [1.82, 2.24) is 0 Å². The Bertz CT molecular complexity index is 2140. The Morgan fingerprint density at radius 2 is 1.51 bits per heavy atom. The molecule has 0 radical (unpaired) electrons. The van der Waals surface area contributed by atoms with Gasteiger partial charge in [0.15, 0.2) is 0 Å². The van der Waals surface area contributed by atoms with Crippen molar-refractivity contribution in [2.75, 3.05) is 4.90 Å². The molecule has 2 heterocycles. The molecule has 7 aliphatic rings. The van der Waals surface area contributed by atoms with E-state index < -0.39 is 0 Å². The summed E-state index contributed by atoms with van der Waals surface area (Å²) in [5.74, 6) is 2.72. The Morgan fingerprint density at radius 3 is 2.37 bits per heavy atom. The first-order valence-electron chi connectivity index (χ1n) is 18.9. The highest BCUT2D eigenvalue weighted by atomic mass is 16.5. The van der Waals surface area contributed by atoms with Gasteiger partial charge in [0.05, 0.1) is 12.2 Å². The van der Waals surface area contributed by atoms with Crippen molar-refractivity contribution in [2.24, 2.45) is 11.8 Å². The van der Waals surface area contributed by atoms with Crippen LogP contribution >= 0.6 is 0 Å². The maximum atomic E-state index is 6.72. The molecule has 0 aromatic heterocycles. The zero-order valence-corrected chi connectivity index (χ0v) is 28.9. The Hall–Kier alpha value is -5.12. The van der Waals surface area contributed by atoms with Gasteiger partial charge < -0.3 is 14.4 Å². The summed E-state index contributed by atoms with van der Waals surface area (Å²) in [6, 6.07) is 26.5. The second-order valence-corrected chi connectivity index (χ2v) is 14.8. The maximum absolute atomic E-state index is 6.72. The van der Waals surface area contributed by atoms with Gasteiger partial charge >= 0.3 is 0 Å². The number of hydrogen-bond acceptors (Lipinski definition) is 3. The summed E-state index contributed by atoms with van der Waals surface area (Å²) in [5.41, 5.74) is 11.7. The fourth-order valence-electron chi connectivity index (χ4n) is 9.48. The van der Waals surface area contributed by atoms with E-state index in [4.69, 9.17) is 9.47 Å². The molecular formula is C48H43NO2. The van der Waals surface area contributed by atoms with Crippen LogP contribution in [0.15, 0.2) is 180 Å². The second kappa shape index (κ2) is 12.9. The summed E-state index contributed by atoms with van der Waals surface area (Å²) >= 11 is 0. The van der Waals surface area contributed by atoms with E-state index in [9.17, 15) is 0 Å². The highest BCUT2D eigenvalue weighted by Gasteiger charge is 2.45. The molecule has 3 aromatic carbocycles. The summed E-state index contributed by atoms with van der Waals surface area (Å²) < 4.78 is 13.3. The molecule has 51 heavy (non-hydrogen) atoms. The minimum absolute atomic E-state index is 0.0988. The fourth-order valence-corrected chi connectivity index (χ4v) is 9.48. The topological polar surface area (TPSA) is 21.7 Å². The zero-order chi connectivity index (χ0) is 33.7. The van der Waals surface area contributed by atoms with Crippen LogP contribution in [0.5, 0.6) is 5.75 Å². The monoisotopic (exact) mass is 665 g/mol. The Balaban J connectivity index is 0.970. The molecule has 0 bridgehead atoms. The lowest BCUT2D eigenvalue weighted by Crippen LogP contribution is -2.27. The average Bonchev–Trinajstić information content (AvgIpc) is 3.78. The number of benzene rings is 3. The first kappa shape index (κ1) is 30.7. The highest BCUT2D eigenvalue weighted by molar-refractivity contribution is 5.72. The molecule has 1 saturated heterocycles. The van der Waals surface area contributed by atoms with Gasteiger partial charge in [0.25, 0.3) is 0 Å². The van der Waals surface area contributed by atoms with Crippen molar-refractivity contribution in [3.63, 3.8) is 0 Å². The van der Waals surface area contributed by atoms with E-state index in [-0.39, 0.29) is 24.2 Å². The average molecular weight is 666 g/mol. The molecule has 7 unspecified atom stereocenters.